The molecule has 0 saturated carbocycles. The Labute approximate surface area is 122 Å². The van der Waals surface area contributed by atoms with Crippen molar-refractivity contribution in [2.75, 3.05) is 5.32 Å². The lowest BCUT2D eigenvalue weighted by atomic mass is 10.0. The highest BCUT2D eigenvalue weighted by Crippen LogP contribution is 2.26. The molecule has 118 valence electrons. The van der Waals surface area contributed by atoms with Gasteiger partial charge in [0.1, 0.15) is 11.6 Å². The van der Waals surface area contributed by atoms with Crippen LogP contribution in [0.15, 0.2) is 10.6 Å². The summed E-state index contributed by atoms with van der Waals surface area (Å²) in [5.41, 5.74) is -1.17. The Bertz CT molecular complexity index is 498. The van der Waals surface area contributed by atoms with E-state index in [2.05, 4.69) is 15.6 Å². The van der Waals surface area contributed by atoms with Crippen LogP contribution in [0, 0.1) is 0 Å². The first kappa shape index (κ1) is 17.0. The van der Waals surface area contributed by atoms with Gasteiger partial charge in [-0.3, -0.25) is 10.1 Å². The highest BCUT2D eigenvalue weighted by molar-refractivity contribution is 5.94. The van der Waals surface area contributed by atoms with Crippen LogP contribution in [-0.2, 0) is 10.4 Å². The van der Waals surface area contributed by atoms with Crippen molar-refractivity contribution in [3.8, 4) is 0 Å². The van der Waals surface area contributed by atoms with Crippen molar-refractivity contribution >= 4 is 18.0 Å². The van der Waals surface area contributed by atoms with E-state index >= 15 is 0 Å². The van der Waals surface area contributed by atoms with Crippen LogP contribution in [0.2, 0.25) is 0 Å². The van der Waals surface area contributed by atoms with E-state index in [1.165, 1.54) is 6.20 Å². The number of nitrogens with zero attached hydrogens (tertiary/aromatic N) is 1. The highest BCUT2D eigenvalue weighted by Gasteiger charge is 2.27. The summed E-state index contributed by atoms with van der Waals surface area (Å²) in [5, 5.41) is 23.3. The number of amides is 2. The van der Waals surface area contributed by atoms with Gasteiger partial charge in [0.25, 0.3) is 5.91 Å². The molecule has 0 saturated heterocycles. The largest absolute Gasteiger partial charge is 0.465 e. The molecule has 2 amide bonds. The molecule has 1 aromatic rings. The fourth-order valence-corrected chi connectivity index (χ4v) is 1.65. The van der Waals surface area contributed by atoms with Gasteiger partial charge in [-0.2, -0.15) is 0 Å². The highest BCUT2D eigenvalue weighted by atomic mass is 16.4. The van der Waals surface area contributed by atoms with Gasteiger partial charge in [0, 0.05) is 0 Å². The number of hydrogen-bond acceptors (Lipinski definition) is 5. The minimum absolute atomic E-state index is 0.0722. The van der Waals surface area contributed by atoms with Crippen LogP contribution in [0.1, 0.15) is 45.8 Å². The van der Waals surface area contributed by atoms with E-state index in [-0.39, 0.29) is 11.8 Å². The summed E-state index contributed by atoms with van der Waals surface area (Å²) < 4.78 is 5.28. The lowest BCUT2D eigenvalue weighted by Gasteiger charge is -2.17. The van der Waals surface area contributed by atoms with E-state index in [0.29, 0.717) is 19.3 Å². The van der Waals surface area contributed by atoms with Crippen molar-refractivity contribution in [1.29, 1.82) is 0 Å². The zero-order chi connectivity index (χ0) is 16.0. The van der Waals surface area contributed by atoms with E-state index < -0.39 is 23.6 Å². The van der Waals surface area contributed by atoms with Crippen LogP contribution in [0.5, 0.6) is 0 Å². The quantitative estimate of drug-likeness (QED) is 0.607. The number of anilines is 1. The summed E-state index contributed by atoms with van der Waals surface area (Å²) in [6.45, 7) is 5.20. The molecule has 0 aliphatic heterocycles. The molecule has 0 radical (unpaired) electrons. The molecule has 0 spiro atoms. The van der Waals surface area contributed by atoms with Crippen molar-refractivity contribution in [3.05, 3.63) is 12.0 Å². The van der Waals surface area contributed by atoms with Gasteiger partial charge in [-0.25, -0.2) is 9.78 Å². The van der Waals surface area contributed by atoms with Gasteiger partial charge in [-0.05, 0) is 19.8 Å². The number of aliphatic hydroxyl groups is 1. The molecular formula is C13H21N3O5. The number of oxazole rings is 1. The van der Waals surface area contributed by atoms with Crippen molar-refractivity contribution in [1.82, 2.24) is 10.3 Å². The maximum absolute atomic E-state index is 12.0. The maximum atomic E-state index is 12.0. The number of carbonyl (C=O) groups excluding carboxylic acids is 1. The SMILES string of the molecule is CCCC(NC(=O)O)C(=O)Nc1ncc(C(C)(O)CC)o1. The molecule has 2 unspecified atom stereocenters. The lowest BCUT2D eigenvalue weighted by Crippen LogP contribution is -2.43. The molecule has 2 atom stereocenters. The molecule has 0 aliphatic carbocycles. The Balaban J connectivity index is 2.75. The standard InChI is InChI=1S/C13H21N3O5/c1-4-6-8(15-12(18)19)10(17)16-11-14-7-9(21-11)13(3,20)5-2/h7-8,15,20H,4-6H2,1-3H3,(H,18,19)(H,14,16,17). The molecule has 21 heavy (non-hydrogen) atoms. The Morgan fingerprint density at radius 3 is 2.67 bits per heavy atom. The molecule has 0 bridgehead atoms. The molecular weight excluding hydrogens is 278 g/mol. The number of hydrogen-bond donors (Lipinski definition) is 4. The van der Waals surface area contributed by atoms with E-state index in [1.54, 1.807) is 13.8 Å². The van der Waals surface area contributed by atoms with E-state index in [1.807, 2.05) is 6.92 Å². The lowest BCUT2D eigenvalue weighted by molar-refractivity contribution is -0.118. The molecule has 1 heterocycles. The first-order valence-electron chi connectivity index (χ1n) is 6.79. The summed E-state index contributed by atoms with van der Waals surface area (Å²) in [7, 11) is 0. The fourth-order valence-electron chi connectivity index (χ4n) is 1.65. The molecule has 4 N–H and O–H groups in total. The van der Waals surface area contributed by atoms with Gasteiger partial charge in [0.2, 0.25) is 0 Å². The van der Waals surface area contributed by atoms with Crippen LogP contribution in [-0.4, -0.2) is 33.2 Å². The van der Waals surface area contributed by atoms with E-state index in [9.17, 15) is 14.7 Å². The second-order valence-corrected chi connectivity index (χ2v) is 4.94. The van der Waals surface area contributed by atoms with E-state index in [0.717, 1.165) is 0 Å². The smallest absolute Gasteiger partial charge is 0.405 e. The third kappa shape index (κ3) is 4.75. The third-order valence-electron chi connectivity index (χ3n) is 3.15. The minimum Gasteiger partial charge on any atom is -0.465 e. The Morgan fingerprint density at radius 1 is 1.48 bits per heavy atom. The van der Waals surface area contributed by atoms with Crippen molar-refractivity contribution in [3.63, 3.8) is 0 Å². The van der Waals surface area contributed by atoms with E-state index in [4.69, 9.17) is 9.52 Å². The summed E-state index contributed by atoms with van der Waals surface area (Å²) in [6.07, 6.45) is 1.48. The van der Waals surface area contributed by atoms with Crippen LogP contribution in [0.4, 0.5) is 10.8 Å². The van der Waals surface area contributed by atoms with Gasteiger partial charge < -0.3 is 19.9 Å². The first-order valence-corrected chi connectivity index (χ1v) is 6.79. The minimum atomic E-state index is -1.27. The molecule has 1 aromatic heterocycles. The number of carbonyl (C=O) groups is 2. The second kappa shape index (κ2) is 7.07. The molecule has 8 nitrogen and oxygen atoms in total. The summed E-state index contributed by atoms with van der Waals surface area (Å²) in [6, 6.07) is -0.952. The van der Waals surface area contributed by atoms with Gasteiger partial charge in [0.05, 0.1) is 6.20 Å². The molecule has 0 fully saturated rings. The zero-order valence-electron chi connectivity index (χ0n) is 12.3. The second-order valence-electron chi connectivity index (χ2n) is 4.94. The third-order valence-corrected chi connectivity index (χ3v) is 3.15. The number of nitrogens with one attached hydrogen (secondary N) is 2. The van der Waals surface area contributed by atoms with Gasteiger partial charge in [-0.15, -0.1) is 0 Å². The van der Waals surface area contributed by atoms with Crippen LogP contribution in [0.25, 0.3) is 0 Å². The summed E-state index contributed by atoms with van der Waals surface area (Å²) in [4.78, 5) is 26.5. The van der Waals surface area contributed by atoms with Crippen molar-refractivity contribution < 1.29 is 24.2 Å². The van der Waals surface area contributed by atoms with Crippen LogP contribution >= 0.6 is 0 Å². The van der Waals surface area contributed by atoms with Gasteiger partial charge in [0.15, 0.2) is 5.76 Å². The maximum Gasteiger partial charge on any atom is 0.405 e. The Kier molecular flexibility index (Phi) is 5.71. The number of rotatable bonds is 7. The normalized spacial score (nSPS) is 15.0. The monoisotopic (exact) mass is 299 g/mol. The number of aromatic nitrogens is 1. The topological polar surface area (TPSA) is 125 Å². The first-order chi connectivity index (χ1) is 9.80. The summed E-state index contributed by atoms with van der Waals surface area (Å²) >= 11 is 0. The Hall–Kier alpha value is -2.09. The van der Waals surface area contributed by atoms with Crippen LogP contribution in [0.3, 0.4) is 0 Å². The van der Waals surface area contributed by atoms with Gasteiger partial charge in [-0.1, -0.05) is 20.3 Å². The fraction of sp³-hybridized carbons (Fsp3) is 0.615. The average molecular weight is 299 g/mol. The Morgan fingerprint density at radius 2 is 2.14 bits per heavy atom. The van der Waals surface area contributed by atoms with Crippen molar-refractivity contribution in [2.45, 2.75) is 51.7 Å². The van der Waals surface area contributed by atoms with Gasteiger partial charge >= 0.3 is 12.1 Å². The average Bonchev–Trinajstić information content (AvgIpc) is 2.87. The molecule has 0 aliphatic rings. The predicted octanol–water partition coefficient (Wildman–Crippen LogP) is 1.67. The molecule has 8 heteroatoms. The molecule has 1 rings (SSSR count). The van der Waals surface area contributed by atoms with Crippen molar-refractivity contribution in [2.24, 2.45) is 0 Å². The molecule has 0 aromatic carbocycles. The summed E-state index contributed by atoms with van der Waals surface area (Å²) in [5.74, 6) is -0.317. The zero-order valence-corrected chi connectivity index (χ0v) is 12.3. The predicted molar refractivity (Wildman–Crippen MR) is 74.9 cm³/mol. The van der Waals surface area contributed by atoms with Crippen LogP contribution < -0.4 is 10.6 Å². The number of carboxylic acid groups (broad SMARTS) is 1.